The van der Waals surface area contributed by atoms with Gasteiger partial charge in [-0.05, 0) is 12.1 Å². The summed E-state index contributed by atoms with van der Waals surface area (Å²) >= 11 is 0. The minimum absolute atomic E-state index is 0.0890. The Kier molecular flexibility index (Phi) is 2.37. The van der Waals surface area contributed by atoms with Crippen LogP contribution in [0.4, 0.5) is 13.2 Å². The molecule has 0 aliphatic rings. The summed E-state index contributed by atoms with van der Waals surface area (Å²) in [5.41, 5.74) is 0.350. The van der Waals surface area contributed by atoms with Crippen molar-refractivity contribution < 1.29 is 18.0 Å². The van der Waals surface area contributed by atoms with E-state index in [4.69, 9.17) is 0 Å². The van der Waals surface area contributed by atoms with E-state index in [0.29, 0.717) is 4.85 Å². The molecule has 0 fully saturated rings. The lowest BCUT2D eigenvalue weighted by molar-refractivity contribution is -0.217. The van der Waals surface area contributed by atoms with Crippen LogP contribution in [0, 0.1) is 0 Å². The molecule has 0 radical (unpaired) electrons. The average Bonchev–Trinajstić information content (AvgIpc) is 2.61. The molecule has 0 N–H and O–H groups in total. The third-order valence-electron chi connectivity index (χ3n) is 1.81. The van der Waals surface area contributed by atoms with Gasteiger partial charge in [0, 0.05) is 0 Å². The van der Waals surface area contributed by atoms with Crippen LogP contribution in [0.5, 0.6) is 0 Å². The van der Waals surface area contributed by atoms with E-state index >= 15 is 0 Å². The number of alkyl halides is 3. The fraction of sp³-hybridized carbons (Fsp3) is 0.429. The largest absolute Gasteiger partial charge is 0.427 e. The normalized spacial score (nSPS) is 14.0. The van der Waals surface area contributed by atoms with Crippen molar-refractivity contribution >= 4 is 11.2 Å². The highest BCUT2D eigenvalue weighted by Crippen LogP contribution is 2.20. The molecule has 0 spiro atoms. The summed E-state index contributed by atoms with van der Waals surface area (Å²) in [5, 5.41) is 6.94. The second-order valence-corrected chi connectivity index (χ2v) is 2.98. The molecule has 2 heterocycles. The van der Waals surface area contributed by atoms with Crippen LogP contribution < -0.4 is 4.84 Å². The topological polar surface area (TPSA) is 65.7 Å². The second-order valence-electron chi connectivity index (χ2n) is 2.98. The van der Waals surface area contributed by atoms with Crippen LogP contribution >= 0.6 is 0 Å². The summed E-state index contributed by atoms with van der Waals surface area (Å²) in [6.07, 6.45) is -3.96. The first-order chi connectivity index (χ1) is 7.48. The Morgan fingerprint density at radius 3 is 2.88 bits per heavy atom. The van der Waals surface area contributed by atoms with Crippen molar-refractivity contribution in [3.05, 3.63) is 12.5 Å². The van der Waals surface area contributed by atoms with E-state index in [9.17, 15) is 13.2 Å². The molecule has 9 heteroatoms. The Balaban J connectivity index is 2.28. The van der Waals surface area contributed by atoms with Gasteiger partial charge in [0.1, 0.15) is 6.33 Å². The highest BCUT2D eigenvalue weighted by atomic mass is 19.4. The fourth-order valence-corrected chi connectivity index (χ4v) is 0.945. The third kappa shape index (κ3) is 1.88. The van der Waals surface area contributed by atoms with Gasteiger partial charge >= 0.3 is 6.18 Å². The van der Waals surface area contributed by atoms with Crippen molar-refractivity contribution in [1.29, 1.82) is 0 Å². The van der Waals surface area contributed by atoms with Crippen molar-refractivity contribution in [2.24, 2.45) is 0 Å². The number of aromatic nitrogens is 5. The summed E-state index contributed by atoms with van der Waals surface area (Å²) in [5.74, 6) is 0. The highest BCUT2D eigenvalue weighted by molar-refractivity contribution is 5.67. The summed E-state index contributed by atoms with van der Waals surface area (Å²) in [6.45, 7) is 0.870. The van der Waals surface area contributed by atoms with Gasteiger partial charge < -0.3 is 4.84 Å². The van der Waals surface area contributed by atoms with Crippen LogP contribution in [-0.2, 0) is 0 Å². The van der Waals surface area contributed by atoms with E-state index in [1.807, 2.05) is 0 Å². The smallest absolute Gasteiger partial charge is 0.381 e. The predicted octanol–water partition coefficient (Wildman–Crippen LogP) is 0.601. The molecule has 16 heavy (non-hydrogen) atoms. The zero-order chi connectivity index (χ0) is 11.8. The van der Waals surface area contributed by atoms with E-state index in [1.54, 1.807) is 0 Å². The standard InChI is InChI=1S/C7H6F3N5O/c1-4(7(8,9)10)16-15-6-5(13-14-15)2-11-3-12-6/h2-4H,1H3/t4-/m0/s1. The molecule has 0 bridgehead atoms. The molecule has 0 aliphatic heterocycles. The lowest BCUT2D eigenvalue weighted by Gasteiger charge is -2.15. The Labute approximate surface area is 87.0 Å². The van der Waals surface area contributed by atoms with Crippen molar-refractivity contribution in [1.82, 2.24) is 25.1 Å². The maximum absolute atomic E-state index is 12.2. The van der Waals surface area contributed by atoms with E-state index in [2.05, 4.69) is 25.1 Å². The van der Waals surface area contributed by atoms with E-state index in [1.165, 1.54) is 12.5 Å². The van der Waals surface area contributed by atoms with Gasteiger partial charge in [0.25, 0.3) is 0 Å². The Morgan fingerprint density at radius 2 is 2.19 bits per heavy atom. The van der Waals surface area contributed by atoms with Gasteiger partial charge in [0.15, 0.2) is 5.52 Å². The van der Waals surface area contributed by atoms with Gasteiger partial charge in [-0.25, -0.2) is 9.97 Å². The Morgan fingerprint density at radius 1 is 1.44 bits per heavy atom. The molecule has 2 aromatic heterocycles. The average molecular weight is 233 g/mol. The minimum atomic E-state index is -4.47. The number of fused-ring (bicyclic) bond motifs is 1. The molecule has 0 aromatic carbocycles. The first-order valence-corrected chi connectivity index (χ1v) is 4.24. The fourth-order valence-electron chi connectivity index (χ4n) is 0.945. The summed E-state index contributed by atoms with van der Waals surface area (Å²) < 4.78 is 36.7. The molecular weight excluding hydrogens is 227 g/mol. The van der Waals surface area contributed by atoms with Gasteiger partial charge in [0.05, 0.1) is 6.20 Å². The van der Waals surface area contributed by atoms with Crippen LogP contribution in [0.15, 0.2) is 12.5 Å². The van der Waals surface area contributed by atoms with Gasteiger partial charge in [-0.15, -0.1) is 5.10 Å². The molecule has 86 valence electrons. The van der Waals surface area contributed by atoms with Gasteiger partial charge in [0.2, 0.25) is 11.8 Å². The van der Waals surface area contributed by atoms with Crippen molar-refractivity contribution in [3.63, 3.8) is 0 Å². The summed E-state index contributed by atoms with van der Waals surface area (Å²) in [7, 11) is 0. The number of halogens is 3. The Bertz CT molecular complexity index is 496. The Hall–Kier alpha value is -1.93. The summed E-state index contributed by atoms with van der Waals surface area (Å²) in [6, 6.07) is 0. The predicted molar refractivity (Wildman–Crippen MR) is 45.2 cm³/mol. The number of nitrogens with zero attached hydrogens (tertiary/aromatic N) is 5. The van der Waals surface area contributed by atoms with E-state index < -0.39 is 12.3 Å². The maximum atomic E-state index is 12.2. The molecule has 1 atom stereocenters. The molecular formula is C7H6F3N5O. The van der Waals surface area contributed by atoms with Crippen LogP contribution in [0.2, 0.25) is 0 Å². The molecule has 2 rings (SSSR count). The van der Waals surface area contributed by atoms with Crippen molar-refractivity contribution in [2.75, 3.05) is 0 Å². The highest BCUT2D eigenvalue weighted by Gasteiger charge is 2.39. The molecule has 0 unspecified atom stereocenters. The minimum Gasteiger partial charge on any atom is -0.381 e. The molecule has 0 amide bonds. The zero-order valence-corrected chi connectivity index (χ0v) is 8.01. The lowest BCUT2D eigenvalue weighted by atomic mass is 10.4. The molecule has 2 aromatic rings. The van der Waals surface area contributed by atoms with Crippen molar-refractivity contribution in [2.45, 2.75) is 19.2 Å². The maximum Gasteiger partial charge on any atom is 0.427 e. The quantitative estimate of drug-likeness (QED) is 0.759. The van der Waals surface area contributed by atoms with Gasteiger partial charge in [-0.3, -0.25) is 0 Å². The molecule has 0 aliphatic carbocycles. The van der Waals surface area contributed by atoms with Crippen LogP contribution in [0.25, 0.3) is 11.2 Å². The molecule has 0 saturated carbocycles. The third-order valence-corrected chi connectivity index (χ3v) is 1.81. The lowest BCUT2D eigenvalue weighted by Crippen LogP contribution is -2.36. The van der Waals surface area contributed by atoms with Crippen LogP contribution in [-0.4, -0.2) is 37.4 Å². The van der Waals surface area contributed by atoms with Crippen LogP contribution in [0.1, 0.15) is 6.92 Å². The van der Waals surface area contributed by atoms with Crippen molar-refractivity contribution in [3.8, 4) is 0 Å². The first-order valence-electron chi connectivity index (χ1n) is 4.24. The molecule has 6 nitrogen and oxygen atoms in total. The number of hydrogen-bond acceptors (Lipinski definition) is 5. The van der Waals surface area contributed by atoms with Gasteiger partial charge in [-0.1, -0.05) is 4.85 Å². The zero-order valence-electron chi connectivity index (χ0n) is 8.01. The summed E-state index contributed by atoms with van der Waals surface area (Å²) in [4.78, 5) is 12.6. The number of hydrogen-bond donors (Lipinski definition) is 0. The number of rotatable bonds is 2. The van der Waals surface area contributed by atoms with Crippen LogP contribution in [0.3, 0.4) is 0 Å². The monoisotopic (exact) mass is 233 g/mol. The van der Waals surface area contributed by atoms with E-state index in [0.717, 1.165) is 6.92 Å². The molecule has 0 saturated heterocycles. The van der Waals surface area contributed by atoms with E-state index in [-0.39, 0.29) is 11.2 Å². The van der Waals surface area contributed by atoms with Gasteiger partial charge in [-0.2, -0.15) is 13.2 Å². The first kappa shape index (κ1) is 10.6. The SMILES string of the molecule is C[C@H](On1nnc2cncnc21)C(F)(F)F. The second kappa shape index (κ2) is 3.58.